The molecule has 0 atom stereocenters. The van der Waals surface area contributed by atoms with Crippen molar-refractivity contribution < 1.29 is 18.0 Å². The molecular weight excluding hydrogens is 402 g/mol. The van der Waals surface area contributed by atoms with E-state index >= 15 is 0 Å². The number of rotatable bonds is 3. The Morgan fingerprint density at radius 2 is 2.00 bits per heavy atom. The van der Waals surface area contributed by atoms with E-state index in [0.717, 1.165) is 8.95 Å². The first-order chi connectivity index (χ1) is 9.38. The zero-order valence-corrected chi connectivity index (χ0v) is 13.0. The highest BCUT2D eigenvalue weighted by Crippen LogP contribution is 2.31. The maximum absolute atomic E-state index is 12.8. The van der Waals surface area contributed by atoms with Gasteiger partial charge in [0.15, 0.2) is 0 Å². The van der Waals surface area contributed by atoms with E-state index in [1.165, 1.54) is 29.5 Å². The van der Waals surface area contributed by atoms with Crippen LogP contribution in [0.4, 0.5) is 13.2 Å². The van der Waals surface area contributed by atoms with E-state index in [1.807, 2.05) is 0 Å². The normalized spacial score (nSPS) is 11.4. The third-order valence-electron chi connectivity index (χ3n) is 2.59. The number of halogens is 4. The second kappa shape index (κ2) is 6.13. The van der Waals surface area contributed by atoms with Crippen molar-refractivity contribution in [1.29, 1.82) is 0 Å². The Kier molecular flexibility index (Phi) is 4.69. The molecule has 1 heterocycles. The number of alkyl halides is 3. The first-order valence-electron chi connectivity index (χ1n) is 5.55. The average molecular weight is 411 g/mol. The summed E-state index contributed by atoms with van der Waals surface area (Å²) in [6.07, 6.45) is -4.42. The molecule has 0 saturated heterocycles. The Bertz CT molecular complexity index is 624. The van der Waals surface area contributed by atoms with E-state index in [9.17, 15) is 18.0 Å². The molecule has 0 saturated carbocycles. The predicted octanol–water partition coefficient (Wildman–Crippen LogP) is 4.30. The van der Waals surface area contributed by atoms with Crippen LogP contribution in [0.1, 0.15) is 21.5 Å². The molecule has 2 nitrogen and oxygen atoms in total. The number of carbonyl (C=O) groups is 1. The highest BCUT2D eigenvalue weighted by atomic mass is 127. The number of amides is 1. The van der Waals surface area contributed by atoms with Crippen molar-refractivity contribution in [2.45, 2.75) is 12.7 Å². The lowest BCUT2D eigenvalue weighted by Gasteiger charge is -2.12. The number of carbonyl (C=O) groups excluding carboxylic acids is 1. The van der Waals surface area contributed by atoms with Crippen molar-refractivity contribution >= 4 is 39.8 Å². The van der Waals surface area contributed by atoms with Crippen LogP contribution in [-0.4, -0.2) is 5.91 Å². The fourth-order valence-corrected chi connectivity index (χ4v) is 2.98. The first kappa shape index (κ1) is 15.3. The highest BCUT2D eigenvalue weighted by Gasteiger charge is 2.32. The molecule has 1 N–H and O–H groups in total. The summed E-state index contributed by atoms with van der Waals surface area (Å²) < 4.78 is 39.3. The first-order valence-corrected chi connectivity index (χ1v) is 7.51. The van der Waals surface area contributed by atoms with Gasteiger partial charge in [0.2, 0.25) is 0 Å². The van der Waals surface area contributed by atoms with E-state index in [2.05, 4.69) is 27.9 Å². The summed E-state index contributed by atoms with van der Waals surface area (Å²) in [4.78, 5) is 11.8. The minimum Gasteiger partial charge on any atom is -0.348 e. The minimum absolute atomic E-state index is 0.0540. The maximum Gasteiger partial charge on any atom is 0.416 e. The third-order valence-corrected chi connectivity index (χ3v) is 4.38. The van der Waals surface area contributed by atoms with Gasteiger partial charge in [-0.2, -0.15) is 13.2 Å². The smallest absolute Gasteiger partial charge is 0.348 e. The van der Waals surface area contributed by atoms with E-state index in [-0.39, 0.29) is 18.0 Å². The van der Waals surface area contributed by atoms with Gasteiger partial charge in [0.1, 0.15) is 0 Å². The van der Waals surface area contributed by atoms with Crippen LogP contribution in [0.2, 0.25) is 0 Å². The van der Waals surface area contributed by atoms with Crippen molar-refractivity contribution in [3.05, 3.63) is 55.3 Å². The molecular formula is C13H9F3INOS. The van der Waals surface area contributed by atoms with Gasteiger partial charge in [0.25, 0.3) is 5.91 Å². The second-order valence-corrected chi connectivity index (χ2v) is 6.78. The molecule has 106 valence electrons. The Morgan fingerprint density at radius 1 is 1.30 bits per heavy atom. The molecule has 1 aromatic carbocycles. The molecule has 20 heavy (non-hydrogen) atoms. The van der Waals surface area contributed by atoms with E-state index in [0.29, 0.717) is 5.56 Å². The summed E-state index contributed by atoms with van der Waals surface area (Å²) in [5.41, 5.74) is -0.206. The number of benzene rings is 1. The van der Waals surface area contributed by atoms with Gasteiger partial charge >= 0.3 is 6.18 Å². The molecule has 0 bridgehead atoms. The number of nitrogens with one attached hydrogen (secondary N) is 1. The van der Waals surface area contributed by atoms with Crippen LogP contribution in [0, 0.1) is 2.88 Å². The molecule has 2 rings (SSSR count). The number of thiophene rings is 1. The Balaban J connectivity index is 2.10. The maximum atomic E-state index is 12.8. The molecule has 0 radical (unpaired) electrons. The molecule has 7 heteroatoms. The summed E-state index contributed by atoms with van der Waals surface area (Å²) in [6.45, 7) is -0.152. The molecule has 0 aliphatic rings. The summed E-state index contributed by atoms with van der Waals surface area (Å²) in [6, 6.07) is 6.91. The number of hydrogen-bond acceptors (Lipinski definition) is 2. The van der Waals surface area contributed by atoms with Crippen molar-refractivity contribution in [2.24, 2.45) is 0 Å². The van der Waals surface area contributed by atoms with Crippen molar-refractivity contribution in [3.8, 4) is 0 Å². The van der Waals surface area contributed by atoms with Crippen molar-refractivity contribution in [1.82, 2.24) is 5.32 Å². The zero-order chi connectivity index (χ0) is 14.8. The lowest BCUT2D eigenvalue weighted by Crippen LogP contribution is -2.24. The molecule has 2 aromatic rings. The van der Waals surface area contributed by atoms with E-state index < -0.39 is 11.7 Å². The van der Waals surface area contributed by atoms with Crippen LogP contribution in [0.3, 0.4) is 0 Å². The predicted molar refractivity (Wildman–Crippen MR) is 79.7 cm³/mol. The van der Waals surface area contributed by atoms with E-state index in [1.54, 1.807) is 11.4 Å². The largest absolute Gasteiger partial charge is 0.416 e. The quantitative estimate of drug-likeness (QED) is 0.750. The van der Waals surface area contributed by atoms with E-state index in [4.69, 9.17) is 0 Å². The van der Waals surface area contributed by atoms with Gasteiger partial charge in [-0.1, -0.05) is 18.2 Å². The molecule has 0 spiro atoms. The zero-order valence-electron chi connectivity index (χ0n) is 10.00. The lowest BCUT2D eigenvalue weighted by molar-refractivity contribution is -0.138. The van der Waals surface area contributed by atoms with Crippen molar-refractivity contribution in [3.63, 3.8) is 0 Å². The van der Waals surface area contributed by atoms with Crippen LogP contribution in [-0.2, 0) is 12.7 Å². The topological polar surface area (TPSA) is 29.1 Å². The van der Waals surface area contributed by atoms with Gasteiger partial charge in [-0.25, -0.2) is 0 Å². The Labute approximate surface area is 131 Å². The summed E-state index contributed by atoms with van der Waals surface area (Å²) in [7, 11) is 0. The molecule has 0 aliphatic carbocycles. The molecule has 1 amide bonds. The van der Waals surface area contributed by atoms with Gasteiger partial charge in [-0.15, -0.1) is 11.3 Å². The molecule has 1 aromatic heterocycles. The third kappa shape index (κ3) is 3.72. The van der Waals surface area contributed by atoms with Crippen LogP contribution in [0.15, 0.2) is 35.7 Å². The van der Waals surface area contributed by atoms with Crippen LogP contribution in [0.5, 0.6) is 0 Å². The van der Waals surface area contributed by atoms with Gasteiger partial charge < -0.3 is 5.32 Å². The Morgan fingerprint density at radius 3 is 2.60 bits per heavy atom. The summed E-state index contributed by atoms with van der Waals surface area (Å²) in [5, 5.41) is 4.18. The summed E-state index contributed by atoms with van der Waals surface area (Å²) in [5.74, 6) is -0.374. The van der Waals surface area contributed by atoms with Gasteiger partial charge in [-0.3, -0.25) is 4.79 Å². The molecule has 0 unspecified atom stereocenters. The monoisotopic (exact) mass is 411 g/mol. The fourth-order valence-electron chi connectivity index (χ4n) is 1.66. The molecule has 0 aliphatic heterocycles. The Hall–Kier alpha value is -1.09. The minimum atomic E-state index is -4.42. The molecule has 0 fully saturated rings. The lowest BCUT2D eigenvalue weighted by atomic mass is 10.1. The average Bonchev–Trinajstić information content (AvgIpc) is 2.82. The van der Waals surface area contributed by atoms with Crippen LogP contribution < -0.4 is 5.32 Å². The standard InChI is InChI=1S/C13H9F3INOS/c14-13(15,16)10-4-2-1-3-8(10)6-18-12(19)9-5-11(17)20-7-9/h1-5,7H,6H2,(H,18,19). The fraction of sp³-hybridized carbons (Fsp3) is 0.154. The van der Waals surface area contributed by atoms with Gasteiger partial charge in [0, 0.05) is 11.9 Å². The van der Waals surface area contributed by atoms with Gasteiger partial charge in [0.05, 0.1) is 14.0 Å². The van der Waals surface area contributed by atoms with Gasteiger partial charge in [-0.05, 0) is 40.3 Å². The number of hydrogen-bond donors (Lipinski definition) is 1. The van der Waals surface area contributed by atoms with Crippen molar-refractivity contribution in [2.75, 3.05) is 0 Å². The second-order valence-electron chi connectivity index (χ2n) is 3.98. The SMILES string of the molecule is O=C(NCc1ccccc1C(F)(F)F)c1csc(I)c1. The highest BCUT2D eigenvalue weighted by molar-refractivity contribution is 14.1. The van der Waals surface area contributed by atoms with Crippen LogP contribution >= 0.6 is 33.9 Å². The van der Waals surface area contributed by atoms with Crippen LogP contribution in [0.25, 0.3) is 0 Å². The summed E-state index contributed by atoms with van der Waals surface area (Å²) >= 11 is 3.49.